The van der Waals surface area contributed by atoms with Gasteiger partial charge in [0.15, 0.2) is 0 Å². The van der Waals surface area contributed by atoms with E-state index in [-0.39, 0.29) is 6.54 Å². The van der Waals surface area contributed by atoms with Gasteiger partial charge in [-0.05, 0) is 22.4 Å². The molecule has 2 aromatic rings. The second-order valence-electron chi connectivity index (χ2n) is 5.86. The lowest BCUT2D eigenvalue weighted by molar-refractivity contribution is -0.123. The number of rotatable bonds is 4. The number of benzene rings is 2. The van der Waals surface area contributed by atoms with Gasteiger partial charge in [-0.3, -0.25) is 10.1 Å². The maximum absolute atomic E-state index is 13.1. The summed E-state index contributed by atoms with van der Waals surface area (Å²) in [5.74, 6) is -3.36. The van der Waals surface area contributed by atoms with Gasteiger partial charge < -0.3 is 10.4 Å². The van der Waals surface area contributed by atoms with Crippen molar-refractivity contribution in [3.05, 3.63) is 48.0 Å². The van der Waals surface area contributed by atoms with Gasteiger partial charge in [0.1, 0.15) is 0 Å². The van der Waals surface area contributed by atoms with Crippen molar-refractivity contribution < 1.29 is 18.7 Å². The van der Waals surface area contributed by atoms with Crippen LogP contribution < -0.4 is 10.6 Å². The summed E-state index contributed by atoms with van der Waals surface area (Å²) < 4.78 is 26.2. The van der Waals surface area contributed by atoms with Crippen molar-refractivity contribution >= 4 is 16.7 Å². The quantitative estimate of drug-likeness (QED) is 0.807. The molecule has 122 valence electrons. The molecule has 23 heavy (non-hydrogen) atoms. The number of alkyl halides is 2. The maximum atomic E-state index is 13.1. The minimum atomic E-state index is -2.85. The molecule has 0 radical (unpaired) electrons. The Hall–Kier alpha value is -2.05. The van der Waals surface area contributed by atoms with Crippen LogP contribution in [0.25, 0.3) is 10.8 Å². The predicted molar refractivity (Wildman–Crippen MR) is 83.3 cm³/mol. The molecular weight excluding hydrogens is 302 g/mol. The average molecular weight is 320 g/mol. The second-order valence-corrected chi connectivity index (χ2v) is 5.86. The van der Waals surface area contributed by atoms with Gasteiger partial charge in [0.05, 0.1) is 18.7 Å². The highest BCUT2D eigenvalue weighted by atomic mass is 19.3. The van der Waals surface area contributed by atoms with E-state index in [1.807, 2.05) is 36.4 Å². The van der Waals surface area contributed by atoms with Crippen LogP contribution in [-0.4, -0.2) is 36.1 Å². The Kier molecular flexibility index (Phi) is 4.28. The van der Waals surface area contributed by atoms with E-state index in [1.54, 1.807) is 6.07 Å². The van der Waals surface area contributed by atoms with E-state index in [0.29, 0.717) is 5.56 Å². The molecule has 2 unspecified atom stereocenters. The molecule has 4 nitrogen and oxygen atoms in total. The third kappa shape index (κ3) is 3.65. The van der Waals surface area contributed by atoms with Gasteiger partial charge in [0, 0.05) is 13.0 Å². The van der Waals surface area contributed by atoms with Gasteiger partial charge in [-0.15, -0.1) is 0 Å². The van der Waals surface area contributed by atoms with Gasteiger partial charge in [0.25, 0.3) is 5.92 Å². The zero-order valence-corrected chi connectivity index (χ0v) is 12.4. The largest absolute Gasteiger partial charge is 0.387 e. The molecular formula is C17H18F2N2O2. The fourth-order valence-corrected chi connectivity index (χ4v) is 2.75. The number of halogens is 2. The van der Waals surface area contributed by atoms with Crippen molar-refractivity contribution in [1.82, 2.24) is 10.6 Å². The van der Waals surface area contributed by atoms with Crippen molar-refractivity contribution in [1.29, 1.82) is 0 Å². The first-order valence-corrected chi connectivity index (χ1v) is 7.50. The second kappa shape index (κ2) is 6.22. The standard InChI is InChI=1S/C17H18F2N2O2/c18-17(19)8-14(21-10-17)16(23)20-9-15(22)13-6-5-11-3-1-2-4-12(11)7-13/h1-7,14-15,21-22H,8-10H2,(H,20,23). The molecule has 0 bridgehead atoms. The van der Waals surface area contributed by atoms with Crippen LogP contribution >= 0.6 is 0 Å². The number of carbonyl (C=O) groups excluding carboxylic acids is 1. The van der Waals surface area contributed by atoms with E-state index in [1.165, 1.54) is 0 Å². The molecule has 0 aliphatic carbocycles. The van der Waals surface area contributed by atoms with Crippen molar-refractivity contribution in [2.24, 2.45) is 0 Å². The topological polar surface area (TPSA) is 61.4 Å². The van der Waals surface area contributed by atoms with Crippen molar-refractivity contribution in [3.63, 3.8) is 0 Å². The first kappa shape index (κ1) is 15.8. The van der Waals surface area contributed by atoms with Crippen LogP contribution in [0.4, 0.5) is 8.78 Å². The Labute approximate surface area is 132 Å². The maximum Gasteiger partial charge on any atom is 0.262 e. The van der Waals surface area contributed by atoms with Crippen molar-refractivity contribution in [2.75, 3.05) is 13.1 Å². The van der Waals surface area contributed by atoms with Crippen molar-refractivity contribution in [2.45, 2.75) is 24.5 Å². The summed E-state index contributed by atoms with van der Waals surface area (Å²) in [6.45, 7) is -0.501. The Morgan fingerprint density at radius 1 is 1.30 bits per heavy atom. The predicted octanol–water partition coefficient (Wildman–Crippen LogP) is 1.99. The highest BCUT2D eigenvalue weighted by molar-refractivity contribution is 5.83. The van der Waals surface area contributed by atoms with Gasteiger partial charge in [-0.25, -0.2) is 8.78 Å². The monoisotopic (exact) mass is 320 g/mol. The summed E-state index contributed by atoms with van der Waals surface area (Å²) in [5.41, 5.74) is 0.675. The molecule has 3 N–H and O–H groups in total. The zero-order valence-electron chi connectivity index (χ0n) is 12.4. The molecule has 1 amide bonds. The van der Waals surface area contributed by atoms with E-state index in [4.69, 9.17) is 0 Å². The molecule has 2 aromatic carbocycles. The molecule has 1 fully saturated rings. The normalized spacial score (nSPS) is 21.3. The molecule has 0 saturated carbocycles. The third-order valence-corrected chi connectivity index (χ3v) is 4.05. The van der Waals surface area contributed by atoms with Crippen LogP contribution in [0, 0.1) is 0 Å². The van der Waals surface area contributed by atoms with Gasteiger partial charge in [0.2, 0.25) is 5.91 Å². The summed E-state index contributed by atoms with van der Waals surface area (Å²) in [6, 6.07) is 12.4. The summed E-state index contributed by atoms with van der Waals surface area (Å²) in [5, 5.41) is 17.3. The average Bonchev–Trinajstić information content (AvgIpc) is 2.92. The number of aliphatic hydroxyl groups excluding tert-OH is 1. The van der Waals surface area contributed by atoms with Crippen molar-refractivity contribution in [3.8, 4) is 0 Å². The lowest BCUT2D eigenvalue weighted by atomic mass is 10.0. The van der Waals surface area contributed by atoms with E-state index in [0.717, 1.165) is 10.8 Å². The van der Waals surface area contributed by atoms with Crippen LogP contribution in [0.5, 0.6) is 0 Å². The summed E-state index contributed by atoms with van der Waals surface area (Å²) in [4.78, 5) is 11.9. The summed E-state index contributed by atoms with van der Waals surface area (Å²) >= 11 is 0. The van der Waals surface area contributed by atoms with Crippen LogP contribution in [0.15, 0.2) is 42.5 Å². The van der Waals surface area contributed by atoms with E-state index in [9.17, 15) is 18.7 Å². The van der Waals surface area contributed by atoms with Crippen LogP contribution in [0.2, 0.25) is 0 Å². The molecule has 6 heteroatoms. The summed E-state index contributed by atoms with van der Waals surface area (Å²) in [7, 11) is 0. The van der Waals surface area contributed by atoms with E-state index in [2.05, 4.69) is 10.6 Å². The Balaban J connectivity index is 1.60. The Morgan fingerprint density at radius 2 is 2.04 bits per heavy atom. The first-order chi connectivity index (χ1) is 10.9. The molecule has 1 heterocycles. The minimum Gasteiger partial charge on any atom is -0.387 e. The Bertz CT molecular complexity index is 721. The Morgan fingerprint density at radius 3 is 2.74 bits per heavy atom. The van der Waals surface area contributed by atoms with Gasteiger partial charge >= 0.3 is 0 Å². The number of fused-ring (bicyclic) bond motifs is 1. The molecule has 2 atom stereocenters. The number of nitrogens with one attached hydrogen (secondary N) is 2. The minimum absolute atomic E-state index is 0.0130. The molecule has 1 aliphatic rings. The lowest BCUT2D eigenvalue weighted by Crippen LogP contribution is -2.41. The molecule has 0 aromatic heterocycles. The third-order valence-electron chi connectivity index (χ3n) is 4.05. The van der Waals surface area contributed by atoms with Gasteiger partial charge in [-0.1, -0.05) is 36.4 Å². The molecule has 1 saturated heterocycles. The van der Waals surface area contributed by atoms with Gasteiger partial charge in [-0.2, -0.15) is 0 Å². The highest BCUT2D eigenvalue weighted by Crippen LogP contribution is 2.25. The first-order valence-electron chi connectivity index (χ1n) is 7.50. The fourth-order valence-electron chi connectivity index (χ4n) is 2.75. The number of carbonyl (C=O) groups is 1. The highest BCUT2D eigenvalue weighted by Gasteiger charge is 2.42. The van der Waals surface area contributed by atoms with E-state index >= 15 is 0 Å². The summed E-state index contributed by atoms with van der Waals surface area (Å²) in [6.07, 6.45) is -1.39. The zero-order chi connectivity index (χ0) is 16.4. The molecule has 0 spiro atoms. The SMILES string of the molecule is O=C(NCC(O)c1ccc2ccccc2c1)C1CC(F)(F)CN1. The van der Waals surface area contributed by atoms with Crippen LogP contribution in [0.3, 0.4) is 0 Å². The van der Waals surface area contributed by atoms with E-state index < -0.39 is 36.9 Å². The smallest absolute Gasteiger partial charge is 0.262 e. The molecule has 3 rings (SSSR count). The number of aliphatic hydroxyl groups is 1. The van der Waals surface area contributed by atoms with Crippen LogP contribution in [0.1, 0.15) is 18.1 Å². The van der Waals surface area contributed by atoms with Crippen LogP contribution in [-0.2, 0) is 4.79 Å². The fraction of sp³-hybridized carbons (Fsp3) is 0.353. The molecule has 1 aliphatic heterocycles. The lowest BCUT2D eigenvalue weighted by Gasteiger charge is -2.15. The number of hydrogen-bond donors (Lipinski definition) is 3. The number of amides is 1. The number of hydrogen-bond acceptors (Lipinski definition) is 3.